The molecule has 0 bridgehead atoms. The summed E-state index contributed by atoms with van der Waals surface area (Å²) in [6.45, 7) is 0.408. The zero-order chi connectivity index (χ0) is 14.5. The number of hydrogen-bond donors (Lipinski definition) is 0. The Morgan fingerprint density at radius 2 is 1.48 bits per heavy atom. The molecule has 2 nitrogen and oxygen atoms in total. The van der Waals surface area contributed by atoms with Crippen LogP contribution in [0.25, 0.3) is 11.1 Å². The van der Waals surface area contributed by atoms with Crippen LogP contribution in [0.1, 0.15) is 5.69 Å². The van der Waals surface area contributed by atoms with Gasteiger partial charge in [0, 0.05) is 0 Å². The Kier molecular flexibility index (Phi) is 4.17. The topological polar surface area (TPSA) is 22.1 Å². The van der Waals surface area contributed by atoms with E-state index in [1.807, 2.05) is 42.5 Å². The van der Waals surface area contributed by atoms with Gasteiger partial charge in [-0.2, -0.15) is 0 Å². The van der Waals surface area contributed by atoms with Crippen molar-refractivity contribution in [2.75, 3.05) is 0 Å². The van der Waals surface area contributed by atoms with Crippen LogP contribution in [0.5, 0.6) is 5.75 Å². The highest BCUT2D eigenvalue weighted by Gasteiger charge is 2.00. The van der Waals surface area contributed by atoms with Crippen molar-refractivity contribution in [3.05, 3.63) is 83.6 Å². The number of hydrogen-bond acceptors (Lipinski definition) is 2. The molecule has 0 radical (unpaired) electrons. The molecule has 0 fully saturated rings. The molecule has 104 valence electrons. The minimum Gasteiger partial charge on any atom is -0.487 e. The molecule has 0 amide bonds. The Labute approximate surface area is 129 Å². The van der Waals surface area contributed by atoms with E-state index in [0.29, 0.717) is 11.8 Å². The van der Waals surface area contributed by atoms with Crippen molar-refractivity contribution < 1.29 is 4.74 Å². The Hall–Kier alpha value is -2.32. The number of rotatable bonds is 4. The van der Waals surface area contributed by atoms with E-state index in [1.54, 1.807) is 6.07 Å². The summed E-state index contributed by atoms with van der Waals surface area (Å²) in [5.41, 5.74) is 3.18. The zero-order valence-electron chi connectivity index (χ0n) is 11.4. The van der Waals surface area contributed by atoms with Crippen LogP contribution in [0.15, 0.2) is 72.8 Å². The first kappa shape index (κ1) is 13.7. The number of aromatic nitrogens is 1. The quantitative estimate of drug-likeness (QED) is 0.633. The molecule has 1 heterocycles. The molecule has 1 aromatic heterocycles. The van der Waals surface area contributed by atoms with Crippen molar-refractivity contribution >= 4 is 11.6 Å². The molecule has 0 N–H and O–H groups in total. The maximum atomic E-state index is 5.85. The van der Waals surface area contributed by atoms with Gasteiger partial charge in [0.1, 0.15) is 17.5 Å². The fourth-order valence-electron chi connectivity index (χ4n) is 2.06. The molecule has 0 aliphatic rings. The third-order valence-corrected chi connectivity index (χ3v) is 3.33. The maximum absolute atomic E-state index is 5.85. The van der Waals surface area contributed by atoms with Crippen molar-refractivity contribution in [2.24, 2.45) is 0 Å². The van der Waals surface area contributed by atoms with Crippen LogP contribution < -0.4 is 4.74 Å². The molecule has 0 saturated carbocycles. The lowest BCUT2D eigenvalue weighted by atomic mass is 10.1. The summed E-state index contributed by atoms with van der Waals surface area (Å²) in [5.74, 6) is 0.816. The van der Waals surface area contributed by atoms with Gasteiger partial charge in [0.2, 0.25) is 0 Å². The molecule has 0 aliphatic heterocycles. The molecule has 0 spiro atoms. The van der Waals surface area contributed by atoms with Crippen LogP contribution in [-0.2, 0) is 6.61 Å². The largest absolute Gasteiger partial charge is 0.487 e. The van der Waals surface area contributed by atoms with E-state index in [1.165, 1.54) is 11.1 Å². The molecule has 0 unspecified atom stereocenters. The van der Waals surface area contributed by atoms with Crippen LogP contribution in [0.2, 0.25) is 5.15 Å². The van der Waals surface area contributed by atoms with Crippen molar-refractivity contribution in [2.45, 2.75) is 6.61 Å². The monoisotopic (exact) mass is 295 g/mol. The first-order valence-corrected chi connectivity index (χ1v) is 7.09. The third-order valence-electron chi connectivity index (χ3n) is 3.12. The second-order valence-electron chi connectivity index (χ2n) is 4.63. The first-order chi connectivity index (χ1) is 10.3. The lowest BCUT2D eigenvalue weighted by molar-refractivity contribution is 0.301. The van der Waals surface area contributed by atoms with Crippen molar-refractivity contribution in [3.63, 3.8) is 0 Å². The Morgan fingerprint density at radius 3 is 2.19 bits per heavy atom. The standard InChI is InChI=1S/C18H14ClNO/c19-18-8-4-7-16(20-18)13-21-17-11-9-15(10-12-17)14-5-2-1-3-6-14/h1-12H,13H2. The molecular formula is C18H14ClNO. The molecular weight excluding hydrogens is 282 g/mol. The average Bonchev–Trinajstić information content (AvgIpc) is 2.54. The van der Waals surface area contributed by atoms with Gasteiger partial charge in [0.15, 0.2) is 0 Å². The predicted molar refractivity (Wildman–Crippen MR) is 85.5 cm³/mol. The van der Waals surface area contributed by atoms with Gasteiger partial charge < -0.3 is 4.74 Å². The van der Waals surface area contributed by atoms with E-state index in [0.717, 1.165) is 11.4 Å². The molecule has 0 atom stereocenters. The number of pyridine rings is 1. The first-order valence-electron chi connectivity index (χ1n) is 6.71. The van der Waals surface area contributed by atoms with Gasteiger partial charge in [-0.25, -0.2) is 4.98 Å². The minimum absolute atomic E-state index is 0.408. The van der Waals surface area contributed by atoms with Gasteiger partial charge in [-0.3, -0.25) is 0 Å². The second kappa shape index (κ2) is 6.42. The fourth-order valence-corrected chi connectivity index (χ4v) is 2.24. The molecule has 3 heteroatoms. The zero-order valence-corrected chi connectivity index (χ0v) is 12.1. The molecule has 3 aromatic rings. The van der Waals surface area contributed by atoms with Gasteiger partial charge in [-0.05, 0) is 35.4 Å². The van der Waals surface area contributed by atoms with Crippen LogP contribution in [0.3, 0.4) is 0 Å². The highest BCUT2D eigenvalue weighted by molar-refractivity contribution is 6.29. The maximum Gasteiger partial charge on any atom is 0.130 e. The fraction of sp³-hybridized carbons (Fsp3) is 0.0556. The predicted octanol–water partition coefficient (Wildman–Crippen LogP) is 4.98. The number of benzene rings is 2. The summed E-state index contributed by atoms with van der Waals surface area (Å²) in [4.78, 5) is 4.19. The minimum atomic E-state index is 0.408. The average molecular weight is 296 g/mol. The van der Waals surface area contributed by atoms with Gasteiger partial charge in [0.25, 0.3) is 0 Å². The normalized spacial score (nSPS) is 10.3. The number of halogens is 1. The van der Waals surface area contributed by atoms with E-state index < -0.39 is 0 Å². The van der Waals surface area contributed by atoms with Gasteiger partial charge in [-0.15, -0.1) is 0 Å². The van der Waals surface area contributed by atoms with Crippen LogP contribution in [0, 0.1) is 0 Å². The van der Waals surface area contributed by atoms with Crippen molar-refractivity contribution in [1.82, 2.24) is 4.98 Å². The molecule has 0 aliphatic carbocycles. The van der Waals surface area contributed by atoms with Crippen LogP contribution in [0.4, 0.5) is 0 Å². The SMILES string of the molecule is Clc1cccc(COc2ccc(-c3ccccc3)cc2)n1. The Morgan fingerprint density at radius 1 is 0.762 bits per heavy atom. The van der Waals surface area contributed by atoms with Gasteiger partial charge in [0.05, 0.1) is 5.69 Å². The van der Waals surface area contributed by atoms with E-state index in [2.05, 4.69) is 29.2 Å². The van der Waals surface area contributed by atoms with E-state index in [9.17, 15) is 0 Å². The molecule has 2 aromatic carbocycles. The number of ether oxygens (including phenoxy) is 1. The summed E-state index contributed by atoms with van der Waals surface area (Å²) in [5, 5.41) is 0.482. The lowest BCUT2D eigenvalue weighted by Gasteiger charge is -2.07. The highest BCUT2D eigenvalue weighted by Crippen LogP contribution is 2.22. The smallest absolute Gasteiger partial charge is 0.130 e. The molecule has 3 rings (SSSR count). The third kappa shape index (κ3) is 3.61. The van der Waals surface area contributed by atoms with Crippen LogP contribution in [-0.4, -0.2) is 4.98 Å². The highest BCUT2D eigenvalue weighted by atomic mass is 35.5. The summed E-state index contributed by atoms with van der Waals surface area (Å²) >= 11 is 5.85. The van der Waals surface area contributed by atoms with Crippen molar-refractivity contribution in [3.8, 4) is 16.9 Å². The summed E-state index contributed by atoms with van der Waals surface area (Å²) in [7, 11) is 0. The summed E-state index contributed by atoms with van der Waals surface area (Å²) in [6, 6.07) is 23.8. The van der Waals surface area contributed by atoms with Gasteiger partial charge in [-0.1, -0.05) is 60.1 Å². The Balaban J connectivity index is 1.68. The lowest BCUT2D eigenvalue weighted by Crippen LogP contribution is -1.97. The Bertz CT molecular complexity index is 711. The number of nitrogens with zero attached hydrogens (tertiary/aromatic N) is 1. The van der Waals surface area contributed by atoms with Crippen molar-refractivity contribution in [1.29, 1.82) is 0 Å². The van der Waals surface area contributed by atoms with Gasteiger partial charge >= 0.3 is 0 Å². The molecule has 21 heavy (non-hydrogen) atoms. The summed E-state index contributed by atoms with van der Waals surface area (Å²) in [6.07, 6.45) is 0. The molecule has 0 saturated heterocycles. The van der Waals surface area contributed by atoms with Crippen LogP contribution >= 0.6 is 11.6 Å². The summed E-state index contributed by atoms with van der Waals surface area (Å²) < 4.78 is 5.72. The second-order valence-corrected chi connectivity index (χ2v) is 5.02. The van der Waals surface area contributed by atoms with E-state index >= 15 is 0 Å². The van der Waals surface area contributed by atoms with E-state index in [4.69, 9.17) is 16.3 Å². The van der Waals surface area contributed by atoms with E-state index in [-0.39, 0.29) is 0 Å².